The van der Waals surface area contributed by atoms with Crippen molar-refractivity contribution in [1.82, 2.24) is 10.2 Å². The van der Waals surface area contributed by atoms with Crippen molar-refractivity contribution < 1.29 is 22.7 Å². The van der Waals surface area contributed by atoms with Gasteiger partial charge in [-0.15, -0.1) is 0 Å². The first-order valence-electron chi connectivity index (χ1n) is 9.00. The Morgan fingerprint density at radius 3 is 2.67 bits per heavy atom. The molecule has 0 spiro atoms. The number of nitrogens with one attached hydrogen (secondary N) is 1. The van der Waals surface area contributed by atoms with E-state index in [1.807, 2.05) is 13.0 Å². The van der Waals surface area contributed by atoms with Crippen LogP contribution in [0.1, 0.15) is 12.0 Å². The highest BCUT2D eigenvalue weighted by molar-refractivity contribution is 7.92. The second kappa shape index (κ2) is 9.91. The van der Waals surface area contributed by atoms with Crippen molar-refractivity contribution in [3.63, 3.8) is 0 Å². The van der Waals surface area contributed by atoms with Gasteiger partial charge in [0.1, 0.15) is 12.3 Å². The number of hydrogen-bond donors (Lipinski definition) is 1. The summed E-state index contributed by atoms with van der Waals surface area (Å²) in [7, 11) is -2.17. The molecule has 9 heteroatoms. The summed E-state index contributed by atoms with van der Waals surface area (Å²) in [4.78, 5) is 14.6. The van der Waals surface area contributed by atoms with Crippen molar-refractivity contribution in [2.75, 3.05) is 63.6 Å². The Morgan fingerprint density at radius 2 is 2.04 bits per heavy atom. The summed E-state index contributed by atoms with van der Waals surface area (Å²) in [6.45, 7) is 6.25. The van der Waals surface area contributed by atoms with E-state index in [1.165, 1.54) is 7.11 Å². The van der Waals surface area contributed by atoms with Gasteiger partial charge in [-0.05, 0) is 37.6 Å². The number of carbonyl (C=O) groups excluding carboxylic acids is 1. The van der Waals surface area contributed by atoms with Crippen LogP contribution < -0.4 is 14.4 Å². The highest BCUT2D eigenvalue weighted by atomic mass is 32.2. The van der Waals surface area contributed by atoms with Crippen LogP contribution in [0.5, 0.6) is 5.75 Å². The number of methoxy groups -OCH3 is 1. The van der Waals surface area contributed by atoms with Crippen molar-refractivity contribution in [1.29, 1.82) is 0 Å². The van der Waals surface area contributed by atoms with E-state index in [1.54, 1.807) is 12.1 Å². The molecule has 0 atom stereocenters. The minimum absolute atomic E-state index is 0.282. The third-order valence-electron chi connectivity index (χ3n) is 4.37. The van der Waals surface area contributed by atoms with Gasteiger partial charge in [-0.1, -0.05) is 6.07 Å². The fourth-order valence-electron chi connectivity index (χ4n) is 2.92. The maximum Gasteiger partial charge on any atom is 0.240 e. The number of carbonyl (C=O) groups is 1. The van der Waals surface area contributed by atoms with Crippen LogP contribution in [0.25, 0.3) is 0 Å². The van der Waals surface area contributed by atoms with Gasteiger partial charge in [0.05, 0.1) is 32.3 Å². The van der Waals surface area contributed by atoms with Gasteiger partial charge in [0, 0.05) is 19.6 Å². The summed E-state index contributed by atoms with van der Waals surface area (Å²) in [5, 5.41) is 2.80. The highest BCUT2D eigenvalue weighted by Gasteiger charge is 2.24. The second-order valence-electron chi connectivity index (χ2n) is 6.60. The van der Waals surface area contributed by atoms with Crippen LogP contribution in [-0.2, 0) is 19.6 Å². The smallest absolute Gasteiger partial charge is 0.240 e. The predicted molar refractivity (Wildman–Crippen MR) is 105 cm³/mol. The summed E-state index contributed by atoms with van der Waals surface area (Å²) in [6.07, 6.45) is 1.89. The molecular formula is C18H29N3O5S. The van der Waals surface area contributed by atoms with E-state index in [0.29, 0.717) is 18.0 Å². The molecule has 1 aliphatic rings. The fourth-order valence-corrected chi connectivity index (χ4v) is 3.77. The first kappa shape index (κ1) is 21.5. The fraction of sp³-hybridized carbons (Fsp3) is 0.611. The third-order valence-corrected chi connectivity index (χ3v) is 5.49. The zero-order valence-corrected chi connectivity index (χ0v) is 17.0. The standard InChI is InChI=1S/C18H29N3O5S/c1-15-5-6-17(25-2)16(13-15)21(27(3,23)24)14-18(22)19-7-4-8-20-9-11-26-12-10-20/h5-6,13H,4,7-12,14H2,1-3H3,(H,19,22). The van der Waals surface area contributed by atoms with Crippen LogP contribution in [0.4, 0.5) is 5.69 Å². The van der Waals surface area contributed by atoms with Gasteiger partial charge >= 0.3 is 0 Å². The number of rotatable bonds is 9. The zero-order chi connectivity index (χ0) is 19.9. The molecule has 1 aliphatic heterocycles. The average molecular weight is 400 g/mol. The Kier molecular flexibility index (Phi) is 7.88. The molecule has 1 N–H and O–H groups in total. The number of ether oxygens (including phenoxy) is 2. The minimum atomic E-state index is -3.64. The quantitative estimate of drug-likeness (QED) is 0.612. The lowest BCUT2D eigenvalue weighted by molar-refractivity contribution is -0.119. The summed E-state index contributed by atoms with van der Waals surface area (Å²) in [5.41, 5.74) is 1.24. The summed E-state index contributed by atoms with van der Waals surface area (Å²) in [5.74, 6) is 0.0668. The Hall–Kier alpha value is -1.84. The normalized spacial score (nSPS) is 15.4. The molecule has 1 heterocycles. The number of benzene rings is 1. The topological polar surface area (TPSA) is 88.2 Å². The van der Waals surface area contributed by atoms with Gasteiger partial charge < -0.3 is 14.8 Å². The van der Waals surface area contributed by atoms with Gasteiger partial charge in [0.15, 0.2) is 0 Å². The lowest BCUT2D eigenvalue weighted by atomic mass is 10.2. The molecule has 1 saturated heterocycles. The van der Waals surface area contributed by atoms with Gasteiger partial charge in [-0.3, -0.25) is 14.0 Å². The molecule has 2 rings (SSSR count). The van der Waals surface area contributed by atoms with Crippen LogP contribution >= 0.6 is 0 Å². The van der Waals surface area contributed by atoms with Crippen molar-refractivity contribution in [2.45, 2.75) is 13.3 Å². The van der Waals surface area contributed by atoms with E-state index in [4.69, 9.17) is 9.47 Å². The number of anilines is 1. The lowest BCUT2D eigenvalue weighted by Gasteiger charge is -2.26. The molecule has 152 valence electrons. The Labute approximate surface area is 161 Å². The molecule has 27 heavy (non-hydrogen) atoms. The maximum absolute atomic E-state index is 12.3. The van der Waals surface area contributed by atoms with Crippen LogP contribution in [-0.4, -0.2) is 78.5 Å². The van der Waals surface area contributed by atoms with Crippen molar-refractivity contribution in [3.05, 3.63) is 23.8 Å². The highest BCUT2D eigenvalue weighted by Crippen LogP contribution is 2.30. The molecule has 0 bridgehead atoms. The minimum Gasteiger partial charge on any atom is -0.495 e. The molecule has 0 aliphatic carbocycles. The van der Waals surface area contributed by atoms with E-state index >= 15 is 0 Å². The molecule has 0 unspecified atom stereocenters. The van der Waals surface area contributed by atoms with Crippen LogP contribution in [0.2, 0.25) is 0 Å². The molecule has 1 fully saturated rings. The molecule has 1 aromatic rings. The maximum atomic E-state index is 12.3. The number of nitrogens with zero attached hydrogens (tertiary/aromatic N) is 2. The average Bonchev–Trinajstić information content (AvgIpc) is 2.63. The summed E-state index contributed by atoms with van der Waals surface area (Å²) in [6, 6.07) is 5.23. The SMILES string of the molecule is COc1ccc(C)cc1N(CC(=O)NCCCN1CCOCC1)S(C)(=O)=O. The number of sulfonamides is 1. The monoisotopic (exact) mass is 399 g/mol. The van der Waals surface area contributed by atoms with Crippen LogP contribution in [0.15, 0.2) is 18.2 Å². The lowest BCUT2D eigenvalue weighted by Crippen LogP contribution is -2.42. The molecule has 1 amide bonds. The van der Waals surface area contributed by atoms with Gasteiger partial charge in [-0.2, -0.15) is 0 Å². The molecule has 0 saturated carbocycles. The van der Waals surface area contributed by atoms with Crippen molar-refractivity contribution in [2.24, 2.45) is 0 Å². The predicted octanol–water partition coefficient (Wildman–Crippen LogP) is 0.608. The zero-order valence-electron chi connectivity index (χ0n) is 16.2. The van der Waals surface area contributed by atoms with Gasteiger partial charge in [0.25, 0.3) is 0 Å². The summed E-state index contributed by atoms with van der Waals surface area (Å²) < 4.78 is 36.2. The molecule has 1 aromatic carbocycles. The number of hydrogen-bond acceptors (Lipinski definition) is 6. The molecule has 8 nitrogen and oxygen atoms in total. The number of aryl methyl sites for hydroxylation is 1. The molecule has 0 radical (unpaired) electrons. The third kappa shape index (κ3) is 6.67. The van der Waals surface area contributed by atoms with Gasteiger partial charge in [0.2, 0.25) is 15.9 Å². The van der Waals surface area contributed by atoms with Crippen LogP contribution in [0, 0.1) is 6.92 Å². The summed E-state index contributed by atoms with van der Waals surface area (Å²) >= 11 is 0. The van der Waals surface area contributed by atoms with E-state index in [2.05, 4.69) is 10.2 Å². The first-order valence-corrected chi connectivity index (χ1v) is 10.8. The second-order valence-corrected chi connectivity index (χ2v) is 8.51. The van der Waals surface area contributed by atoms with Gasteiger partial charge in [-0.25, -0.2) is 8.42 Å². The number of amides is 1. The Bertz CT molecular complexity index is 733. The largest absolute Gasteiger partial charge is 0.495 e. The van der Waals surface area contributed by atoms with E-state index in [9.17, 15) is 13.2 Å². The van der Waals surface area contributed by atoms with E-state index < -0.39 is 10.0 Å². The van der Waals surface area contributed by atoms with Crippen molar-refractivity contribution >= 4 is 21.6 Å². The Balaban J connectivity index is 1.94. The first-order chi connectivity index (χ1) is 12.8. The Morgan fingerprint density at radius 1 is 1.33 bits per heavy atom. The van der Waals surface area contributed by atoms with E-state index in [0.717, 1.165) is 55.4 Å². The molecular weight excluding hydrogens is 370 g/mol. The van der Waals surface area contributed by atoms with Crippen LogP contribution in [0.3, 0.4) is 0 Å². The van der Waals surface area contributed by atoms with E-state index in [-0.39, 0.29) is 12.5 Å². The number of morpholine rings is 1. The van der Waals surface area contributed by atoms with Crippen molar-refractivity contribution in [3.8, 4) is 5.75 Å². The molecule has 0 aromatic heterocycles.